The number of hydrogen-bond acceptors (Lipinski definition) is 4. The molecule has 1 heterocycles. The van der Waals surface area contributed by atoms with Crippen molar-refractivity contribution in [3.63, 3.8) is 0 Å². The number of rotatable bonds is 6. The van der Waals surface area contributed by atoms with E-state index >= 15 is 0 Å². The summed E-state index contributed by atoms with van der Waals surface area (Å²) in [7, 11) is 0. The van der Waals surface area contributed by atoms with Crippen LogP contribution in [0.5, 0.6) is 0 Å². The molecule has 7 heteroatoms. The van der Waals surface area contributed by atoms with Crippen LogP contribution >= 0.6 is 23.2 Å². The molecule has 0 saturated carbocycles. The molecule has 1 aliphatic heterocycles. The van der Waals surface area contributed by atoms with E-state index in [2.05, 4.69) is 5.32 Å². The summed E-state index contributed by atoms with van der Waals surface area (Å²) in [4.78, 5) is 11.8. The third kappa shape index (κ3) is 5.04. The zero-order valence-electron chi connectivity index (χ0n) is 11.5. The summed E-state index contributed by atoms with van der Waals surface area (Å²) < 4.78 is 10.7. The highest BCUT2D eigenvalue weighted by Crippen LogP contribution is 2.32. The maximum atomic E-state index is 11.8. The lowest BCUT2D eigenvalue weighted by Gasteiger charge is -2.11. The van der Waals surface area contributed by atoms with E-state index in [0.29, 0.717) is 40.6 Å². The molecule has 1 unspecified atom stereocenters. The zero-order valence-corrected chi connectivity index (χ0v) is 13.0. The van der Waals surface area contributed by atoms with Gasteiger partial charge in [0, 0.05) is 17.5 Å². The highest BCUT2D eigenvalue weighted by atomic mass is 35.5. The zero-order chi connectivity index (χ0) is 15.2. The van der Waals surface area contributed by atoms with Gasteiger partial charge < -0.3 is 20.5 Å². The summed E-state index contributed by atoms with van der Waals surface area (Å²) >= 11 is 11.8. The first-order valence-electron chi connectivity index (χ1n) is 6.76. The second-order valence-electron chi connectivity index (χ2n) is 4.95. The summed E-state index contributed by atoms with van der Waals surface area (Å²) in [5.74, 6) is 0.239. The number of anilines is 2. The maximum absolute atomic E-state index is 11.8. The van der Waals surface area contributed by atoms with Crippen molar-refractivity contribution >= 4 is 40.5 Å². The highest BCUT2D eigenvalue weighted by molar-refractivity contribution is 6.37. The molecule has 1 aromatic carbocycles. The van der Waals surface area contributed by atoms with Crippen LogP contribution in [0.15, 0.2) is 12.1 Å². The van der Waals surface area contributed by atoms with Gasteiger partial charge in [0.05, 0.1) is 42.6 Å². The summed E-state index contributed by atoms with van der Waals surface area (Å²) in [5, 5.41) is 3.42. The predicted molar refractivity (Wildman–Crippen MR) is 83.9 cm³/mol. The molecule has 1 aliphatic rings. The van der Waals surface area contributed by atoms with Gasteiger partial charge in [-0.15, -0.1) is 0 Å². The Morgan fingerprint density at radius 1 is 1.48 bits per heavy atom. The van der Waals surface area contributed by atoms with Crippen LogP contribution in [0.1, 0.15) is 12.8 Å². The van der Waals surface area contributed by atoms with E-state index in [4.69, 9.17) is 38.4 Å². The Morgan fingerprint density at radius 3 is 2.95 bits per heavy atom. The molecule has 1 atom stereocenters. The van der Waals surface area contributed by atoms with Crippen molar-refractivity contribution in [2.45, 2.75) is 12.8 Å². The average molecular weight is 333 g/mol. The second-order valence-corrected chi connectivity index (χ2v) is 5.80. The lowest BCUT2D eigenvalue weighted by atomic mass is 10.1. The van der Waals surface area contributed by atoms with Crippen LogP contribution in [-0.2, 0) is 14.3 Å². The van der Waals surface area contributed by atoms with Crippen LogP contribution in [0.2, 0.25) is 10.0 Å². The Bertz CT molecular complexity index is 482. The van der Waals surface area contributed by atoms with Crippen molar-refractivity contribution in [3.8, 4) is 0 Å². The lowest BCUT2D eigenvalue weighted by Crippen LogP contribution is -2.17. The second kappa shape index (κ2) is 7.84. The standard InChI is InChI=1S/C14H18Cl2N2O3/c15-10-5-11(16)14(12(17)6-10)18-13(19)2-4-21-8-9-1-3-20-7-9/h5-6,9H,1-4,7-8,17H2,(H,18,19). The van der Waals surface area contributed by atoms with Gasteiger partial charge in [-0.2, -0.15) is 0 Å². The van der Waals surface area contributed by atoms with E-state index in [9.17, 15) is 4.79 Å². The molecule has 3 N–H and O–H groups in total. The summed E-state index contributed by atoms with van der Waals surface area (Å²) in [6.45, 7) is 2.51. The van der Waals surface area contributed by atoms with Crippen LogP contribution in [0.4, 0.5) is 11.4 Å². The maximum Gasteiger partial charge on any atom is 0.226 e. The van der Waals surface area contributed by atoms with Gasteiger partial charge in [0.2, 0.25) is 5.91 Å². The monoisotopic (exact) mass is 332 g/mol. The molecule has 1 saturated heterocycles. The number of carbonyl (C=O) groups is 1. The van der Waals surface area contributed by atoms with Crippen LogP contribution in [0, 0.1) is 5.92 Å². The van der Waals surface area contributed by atoms with Crippen molar-refractivity contribution in [2.75, 3.05) is 37.5 Å². The molecule has 1 fully saturated rings. The largest absolute Gasteiger partial charge is 0.397 e. The molecule has 21 heavy (non-hydrogen) atoms. The van der Waals surface area contributed by atoms with Gasteiger partial charge in [-0.25, -0.2) is 0 Å². The summed E-state index contributed by atoms with van der Waals surface area (Å²) in [5.41, 5.74) is 6.50. The van der Waals surface area contributed by atoms with E-state index in [0.717, 1.165) is 19.6 Å². The van der Waals surface area contributed by atoms with E-state index in [1.54, 1.807) is 6.07 Å². The number of halogens is 2. The quantitative estimate of drug-likeness (QED) is 0.620. The number of carbonyl (C=O) groups excluding carboxylic acids is 1. The summed E-state index contributed by atoms with van der Waals surface area (Å²) in [6, 6.07) is 3.07. The van der Waals surface area contributed by atoms with Gasteiger partial charge in [-0.05, 0) is 18.6 Å². The molecule has 0 aromatic heterocycles. The number of nitrogen functional groups attached to an aromatic ring is 1. The van der Waals surface area contributed by atoms with Gasteiger partial charge >= 0.3 is 0 Å². The number of ether oxygens (including phenoxy) is 2. The summed E-state index contributed by atoms with van der Waals surface area (Å²) in [6.07, 6.45) is 1.26. The number of nitrogens with one attached hydrogen (secondary N) is 1. The Labute approximate surface area is 133 Å². The van der Waals surface area contributed by atoms with Crippen molar-refractivity contribution < 1.29 is 14.3 Å². The number of hydrogen-bond donors (Lipinski definition) is 2. The van der Waals surface area contributed by atoms with Crippen molar-refractivity contribution in [1.29, 1.82) is 0 Å². The lowest BCUT2D eigenvalue weighted by molar-refractivity contribution is -0.117. The number of benzene rings is 1. The number of nitrogens with two attached hydrogens (primary N) is 1. The average Bonchev–Trinajstić information content (AvgIpc) is 2.92. The first-order chi connectivity index (χ1) is 10.1. The normalized spacial score (nSPS) is 17.9. The SMILES string of the molecule is Nc1cc(Cl)cc(Cl)c1NC(=O)CCOCC1CCOC1. The third-order valence-electron chi connectivity index (χ3n) is 3.20. The molecule has 2 rings (SSSR count). The van der Waals surface area contributed by atoms with Gasteiger partial charge in [-0.1, -0.05) is 23.2 Å². The fraction of sp³-hybridized carbons (Fsp3) is 0.500. The first kappa shape index (κ1) is 16.4. The molecule has 0 spiro atoms. The van der Waals surface area contributed by atoms with Gasteiger partial charge in [0.1, 0.15) is 0 Å². The van der Waals surface area contributed by atoms with E-state index in [-0.39, 0.29) is 12.3 Å². The fourth-order valence-electron chi connectivity index (χ4n) is 2.06. The minimum Gasteiger partial charge on any atom is -0.397 e. The molecular formula is C14H18Cl2N2O3. The van der Waals surface area contributed by atoms with Crippen LogP contribution in [0.25, 0.3) is 0 Å². The van der Waals surface area contributed by atoms with Gasteiger partial charge in [-0.3, -0.25) is 4.79 Å². The van der Waals surface area contributed by atoms with Gasteiger partial charge in [0.15, 0.2) is 0 Å². The number of amides is 1. The van der Waals surface area contributed by atoms with Crippen molar-refractivity contribution in [3.05, 3.63) is 22.2 Å². The molecular weight excluding hydrogens is 315 g/mol. The van der Waals surface area contributed by atoms with Crippen molar-refractivity contribution in [2.24, 2.45) is 5.92 Å². The Hall–Kier alpha value is -1.01. The predicted octanol–water partition coefficient (Wildman–Crippen LogP) is 2.96. The molecule has 1 aromatic rings. The molecule has 116 valence electrons. The first-order valence-corrected chi connectivity index (χ1v) is 7.51. The Kier molecular flexibility index (Phi) is 6.11. The topological polar surface area (TPSA) is 73.6 Å². The van der Waals surface area contributed by atoms with E-state index < -0.39 is 0 Å². The smallest absolute Gasteiger partial charge is 0.226 e. The Morgan fingerprint density at radius 2 is 2.29 bits per heavy atom. The molecule has 1 amide bonds. The van der Waals surface area contributed by atoms with Crippen LogP contribution < -0.4 is 11.1 Å². The molecule has 0 radical (unpaired) electrons. The van der Waals surface area contributed by atoms with Gasteiger partial charge in [0.25, 0.3) is 0 Å². The molecule has 0 bridgehead atoms. The minimum absolute atomic E-state index is 0.200. The third-order valence-corrected chi connectivity index (χ3v) is 3.72. The molecule has 5 nitrogen and oxygen atoms in total. The fourth-order valence-corrected chi connectivity index (χ4v) is 2.61. The Balaban J connectivity index is 1.74. The van der Waals surface area contributed by atoms with E-state index in [1.807, 2.05) is 0 Å². The van der Waals surface area contributed by atoms with Crippen LogP contribution in [-0.4, -0.2) is 32.3 Å². The molecule has 0 aliphatic carbocycles. The van der Waals surface area contributed by atoms with Crippen molar-refractivity contribution in [1.82, 2.24) is 0 Å². The van der Waals surface area contributed by atoms with Crippen LogP contribution in [0.3, 0.4) is 0 Å². The van der Waals surface area contributed by atoms with E-state index in [1.165, 1.54) is 6.07 Å². The minimum atomic E-state index is -0.200. The highest BCUT2D eigenvalue weighted by Gasteiger charge is 2.16.